The fourth-order valence-electron chi connectivity index (χ4n) is 1.73. The molecule has 0 aliphatic heterocycles. The first-order valence-electron chi connectivity index (χ1n) is 6.84. The van der Waals surface area contributed by atoms with Crippen molar-refractivity contribution in [1.29, 1.82) is 0 Å². The van der Waals surface area contributed by atoms with E-state index in [4.69, 9.17) is 5.11 Å². The van der Waals surface area contributed by atoms with Gasteiger partial charge in [-0.1, -0.05) is 24.8 Å². The lowest BCUT2D eigenvalue weighted by Crippen LogP contribution is -2.37. The van der Waals surface area contributed by atoms with Crippen molar-refractivity contribution >= 4 is 11.8 Å². The molecule has 0 radical (unpaired) electrons. The van der Waals surface area contributed by atoms with Gasteiger partial charge in [0.2, 0.25) is 5.91 Å². The molecule has 0 heterocycles. The third-order valence-corrected chi connectivity index (χ3v) is 2.86. The van der Waals surface area contributed by atoms with Crippen molar-refractivity contribution in [2.75, 3.05) is 19.7 Å². The smallest absolute Gasteiger partial charge is 0.252 e. The van der Waals surface area contributed by atoms with Crippen LogP contribution in [-0.2, 0) is 4.79 Å². The fourth-order valence-corrected chi connectivity index (χ4v) is 1.73. The Bertz CT molecular complexity index is 571. The molecule has 0 atom stereocenters. The van der Waals surface area contributed by atoms with E-state index < -0.39 is 0 Å². The molecule has 0 bridgehead atoms. The zero-order valence-electron chi connectivity index (χ0n) is 12.3. The number of aliphatic hydroxyl groups excluding tert-OH is 1. The van der Waals surface area contributed by atoms with E-state index in [2.05, 4.69) is 22.5 Å². The molecule has 0 unspecified atom stereocenters. The first kappa shape index (κ1) is 16.7. The molecular weight excluding hydrogens is 268 g/mol. The molecule has 3 N–H and O–H groups in total. The molecule has 21 heavy (non-hydrogen) atoms. The van der Waals surface area contributed by atoms with Crippen LogP contribution in [0.25, 0.3) is 0 Å². The lowest BCUT2D eigenvalue weighted by Gasteiger charge is -2.09. The molecular formula is C16H20N2O3. The zero-order chi connectivity index (χ0) is 15.7. The van der Waals surface area contributed by atoms with Gasteiger partial charge in [-0.2, -0.15) is 0 Å². The minimum absolute atomic E-state index is 0.0508. The second-order valence-electron chi connectivity index (χ2n) is 4.47. The van der Waals surface area contributed by atoms with Crippen LogP contribution in [0, 0.1) is 18.8 Å². The predicted molar refractivity (Wildman–Crippen MR) is 80.8 cm³/mol. The quantitative estimate of drug-likeness (QED) is 0.694. The maximum atomic E-state index is 12.1. The van der Waals surface area contributed by atoms with Crippen molar-refractivity contribution in [1.82, 2.24) is 10.6 Å². The summed E-state index contributed by atoms with van der Waals surface area (Å²) in [7, 11) is 0. The van der Waals surface area contributed by atoms with E-state index in [9.17, 15) is 9.59 Å². The molecule has 1 rings (SSSR count). The minimum atomic E-state index is -0.313. The highest BCUT2D eigenvalue weighted by Gasteiger charge is 2.11. The lowest BCUT2D eigenvalue weighted by molar-refractivity contribution is -0.120. The average Bonchev–Trinajstić information content (AvgIpc) is 2.49. The van der Waals surface area contributed by atoms with Gasteiger partial charge in [0.25, 0.3) is 5.91 Å². The Labute approximate surface area is 124 Å². The summed E-state index contributed by atoms with van der Waals surface area (Å²) in [6.07, 6.45) is 0.852. The van der Waals surface area contributed by atoms with Crippen LogP contribution in [0.1, 0.15) is 34.8 Å². The normalized spacial score (nSPS) is 9.48. The Morgan fingerprint density at radius 3 is 2.71 bits per heavy atom. The van der Waals surface area contributed by atoms with Gasteiger partial charge in [-0.25, -0.2) is 0 Å². The molecule has 0 aliphatic rings. The molecule has 112 valence electrons. The van der Waals surface area contributed by atoms with E-state index in [0.717, 1.165) is 12.0 Å². The number of aliphatic hydroxyl groups is 1. The largest absolute Gasteiger partial charge is 0.384 e. The number of carbonyl (C=O) groups excluding carboxylic acids is 2. The highest BCUT2D eigenvalue weighted by atomic mass is 16.2. The SMILES string of the molecule is CCCNC(=O)CNC(=O)c1cccc(C#CCO)c1C. The van der Waals surface area contributed by atoms with E-state index in [1.807, 2.05) is 6.92 Å². The number of benzene rings is 1. The maximum Gasteiger partial charge on any atom is 0.252 e. The minimum Gasteiger partial charge on any atom is -0.384 e. The Balaban J connectivity index is 2.72. The molecule has 1 aromatic rings. The van der Waals surface area contributed by atoms with Crippen LogP contribution in [0.4, 0.5) is 0 Å². The van der Waals surface area contributed by atoms with Gasteiger partial charge in [-0.05, 0) is 31.0 Å². The number of hydrogen-bond donors (Lipinski definition) is 3. The Kier molecular flexibility index (Phi) is 6.99. The van der Waals surface area contributed by atoms with Crippen LogP contribution in [0.3, 0.4) is 0 Å². The number of hydrogen-bond acceptors (Lipinski definition) is 3. The second kappa shape index (κ2) is 8.77. The average molecular weight is 288 g/mol. The summed E-state index contributed by atoms with van der Waals surface area (Å²) in [5.41, 5.74) is 1.89. The summed E-state index contributed by atoms with van der Waals surface area (Å²) in [6, 6.07) is 5.18. The van der Waals surface area contributed by atoms with Gasteiger partial charge in [-0.3, -0.25) is 9.59 Å². The van der Waals surface area contributed by atoms with Gasteiger partial charge in [0.15, 0.2) is 0 Å². The fraction of sp³-hybridized carbons (Fsp3) is 0.375. The monoisotopic (exact) mass is 288 g/mol. The topological polar surface area (TPSA) is 78.4 Å². The van der Waals surface area contributed by atoms with Crippen molar-refractivity contribution in [3.05, 3.63) is 34.9 Å². The zero-order valence-corrected chi connectivity index (χ0v) is 12.3. The van der Waals surface area contributed by atoms with Crippen LogP contribution >= 0.6 is 0 Å². The first-order valence-corrected chi connectivity index (χ1v) is 6.84. The molecule has 0 saturated carbocycles. The van der Waals surface area contributed by atoms with E-state index in [0.29, 0.717) is 17.7 Å². The Hall–Kier alpha value is -2.32. The molecule has 5 heteroatoms. The Morgan fingerprint density at radius 2 is 2.05 bits per heavy atom. The van der Waals surface area contributed by atoms with Crippen LogP contribution in [0.5, 0.6) is 0 Å². The van der Waals surface area contributed by atoms with Crippen LogP contribution in [0.2, 0.25) is 0 Å². The molecule has 0 aliphatic carbocycles. The summed E-state index contributed by atoms with van der Waals surface area (Å²) < 4.78 is 0. The molecule has 0 spiro atoms. The first-order chi connectivity index (χ1) is 10.1. The van der Waals surface area contributed by atoms with Gasteiger partial charge >= 0.3 is 0 Å². The molecule has 5 nitrogen and oxygen atoms in total. The van der Waals surface area contributed by atoms with Crippen LogP contribution in [0.15, 0.2) is 18.2 Å². The van der Waals surface area contributed by atoms with Gasteiger partial charge in [-0.15, -0.1) is 0 Å². The molecule has 0 aromatic heterocycles. The van der Waals surface area contributed by atoms with E-state index >= 15 is 0 Å². The lowest BCUT2D eigenvalue weighted by atomic mass is 10.0. The third kappa shape index (κ3) is 5.28. The van der Waals surface area contributed by atoms with Crippen LogP contribution in [-0.4, -0.2) is 36.6 Å². The third-order valence-electron chi connectivity index (χ3n) is 2.86. The van der Waals surface area contributed by atoms with E-state index in [-0.39, 0.29) is 25.0 Å². The number of amides is 2. The van der Waals surface area contributed by atoms with Crippen LogP contribution < -0.4 is 10.6 Å². The van der Waals surface area contributed by atoms with Crippen molar-refractivity contribution in [2.24, 2.45) is 0 Å². The molecule has 0 saturated heterocycles. The van der Waals surface area contributed by atoms with Gasteiger partial charge < -0.3 is 15.7 Å². The summed E-state index contributed by atoms with van der Waals surface area (Å²) in [6.45, 7) is 4.06. The van der Waals surface area contributed by atoms with Gasteiger partial charge in [0.05, 0.1) is 6.54 Å². The van der Waals surface area contributed by atoms with Gasteiger partial charge in [0.1, 0.15) is 6.61 Å². The van der Waals surface area contributed by atoms with Gasteiger partial charge in [0, 0.05) is 17.7 Å². The summed E-state index contributed by atoms with van der Waals surface area (Å²) in [4.78, 5) is 23.5. The standard InChI is InChI=1S/C16H20N2O3/c1-3-9-17-15(20)11-18-16(21)14-8-4-6-13(12(14)2)7-5-10-19/h4,6,8,19H,3,9-11H2,1-2H3,(H,17,20)(H,18,21). The Morgan fingerprint density at radius 1 is 1.29 bits per heavy atom. The summed E-state index contributed by atoms with van der Waals surface area (Å²) in [5.74, 6) is 4.82. The van der Waals surface area contributed by atoms with Crippen molar-refractivity contribution in [2.45, 2.75) is 20.3 Å². The summed E-state index contributed by atoms with van der Waals surface area (Å²) in [5, 5.41) is 14.0. The van der Waals surface area contributed by atoms with E-state index in [1.165, 1.54) is 0 Å². The second-order valence-corrected chi connectivity index (χ2v) is 4.47. The van der Waals surface area contributed by atoms with Crippen molar-refractivity contribution in [3.63, 3.8) is 0 Å². The highest BCUT2D eigenvalue weighted by molar-refractivity contribution is 5.98. The number of carbonyl (C=O) groups is 2. The number of nitrogens with one attached hydrogen (secondary N) is 2. The molecule has 2 amide bonds. The number of rotatable bonds is 5. The van der Waals surface area contributed by atoms with E-state index in [1.54, 1.807) is 25.1 Å². The summed E-state index contributed by atoms with van der Waals surface area (Å²) >= 11 is 0. The molecule has 1 aromatic carbocycles. The maximum absolute atomic E-state index is 12.1. The van der Waals surface area contributed by atoms with Crippen molar-refractivity contribution < 1.29 is 14.7 Å². The highest BCUT2D eigenvalue weighted by Crippen LogP contribution is 2.12. The predicted octanol–water partition coefficient (Wildman–Crippen LogP) is 0.595. The molecule has 0 fully saturated rings. The van der Waals surface area contributed by atoms with Crippen molar-refractivity contribution in [3.8, 4) is 11.8 Å².